The van der Waals surface area contributed by atoms with Crippen molar-refractivity contribution in [1.82, 2.24) is 30.4 Å². The average molecular weight is 778 g/mol. The van der Waals surface area contributed by atoms with Crippen LogP contribution in [0.5, 0.6) is 0 Å². The molecule has 2 aromatic carbocycles. The van der Waals surface area contributed by atoms with Crippen LogP contribution in [0.3, 0.4) is 0 Å². The van der Waals surface area contributed by atoms with Gasteiger partial charge in [-0.25, -0.2) is 4.98 Å². The number of fused-ring (bicyclic) bond motifs is 6. The minimum absolute atomic E-state index is 0.0108. The molecule has 2 atom stereocenters. The number of carbonyl (C=O) groups is 4. The summed E-state index contributed by atoms with van der Waals surface area (Å²) in [4.78, 5) is 64.8. The molecule has 6 fully saturated rings. The minimum atomic E-state index is -0.139. The Morgan fingerprint density at radius 1 is 0.582 bits per heavy atom. The molecule has 6 saturated heterocycles. The van der Waals surface area contributed by atoms with E-state index in [-0.39, 0.29) is 35.6 Å². The maximum atomic E-state index is 12.6. The van der Waals surface area contributed by atoms with E-state index >= 15 is 0 Å². The summed E-state index contributed by atoms with van der Waals surface area (Å²) in [6, 6.07) is 23.2. The number of hydrogen-bond acceptors (Lipinski definition) is 10. The number of nitrogens with zero attached hydrogens (tertiary/aromatic N) is 4. The highest BCUT2D eigenvalue weighted by Gasteiger charge is 2.36. The summed E-state index contributed by atoms with van der Waals surface area (Å²) in [6.45, 7) is 9.61. The Morgan fingerprint density at radius 2 is 1.02 bits per heavy atom. The number of carbonyl (C=O) groups excluding carboxylic acids is 4. The predicted molar refractivity (Wildman–Crippen MR) is 215 cm³/mol. The molecule has 4 bridgehead atoms. The first kappa shape index (κ1) is 38.7. The molecule has 4 aromatic rings. The summed E-state index contributed by atoms with van der Waals surface area (Å²) in [5.41, 5.74) is 1.86. The van der Waals surface area contributed by atoms with Crippen molar-refractivity contribution in [2.75, 3.05) is 44.6 Å². The highest BCUT2D eigenvalue weighted by Crippen LogP contribution is 2.31. The van der Waals surface area contributed by atoms with Gasteiger partial charge in [0.15, 0.2) is 5.78 Å². The van der Waals surface area contributed by atoms with Gasteiger partial charge in [-0.2, -0.15) is 0 Å². The number of ketones is 1. The normalized spacial score (nSPS) is 23.5. The van der Waals surface area contributed by atoms with Crippen LogP contribution in [0.4, 0.5) is 5.82 Å². The van der Waals surface area contributed by atoms with Gasteiger partial charge in [0, 0.05) is 82.1 Å². The Kier molecular flexibility index (Phi) is 12.6. The van der Waals surface area contributed by atoms with Crippen molar-refractivity contribution in [3.63, 3.8) is 0 Å². The average Bonchev–Trinajstić information content (AvgIpc) is 3.20. The summed E-state index contributed by atoms with van der Waals surface area (Å²) in [5, 5.41) is 9.10. The number of hydrogen-bond donors (Lipinski definition) is 3. The van der Waals surface area contributed by atoms with E-state index in [1.165, 1.54) is 65.7 Å². The molecule has 6 aliphatic rings. The molecule has 13 heteroatoms. The molecule has 3 N–H and O–H groups in total. The monoisotopic (exact) mass is 777 g/mol. The molecule has 6 aliphatic heterocycles. The molecular formula is C42H47N7O4S2. The van der Waals surface area contributed by atoms with Crippen LogP contribution in [0, 0.1) is 11.8 Å². The van der Waals surface area contributed by atoms with E-state index < -0.39 is 0 Å². The van der Waals surface area contributed by atoms with Crippen molar-refractivity contribution in [3.05, 3.63) is 102 Å². The van der Waals surface area contributed by atoms with Crippen molar-refractivity contribution < 1.29 is 19.2 Å². The van der Waals surface area contributed by atoms with Gasteiger partial charge in [-0.1, -0.05) is 23.5 Å². The van der Waals surface area contributed by atoms with Crippen LogP contribution in [0.15, 0.2) is 105 Å². The third-order valence-electron chi connectivity index (χ3n) is 10.8. The molecule has 55 heavy (non-hydrogen) atoms. The van der Waals surface area contributed by atoms with E-state index in [9.17, 15) is 19.2 Å². The number of nitrogens with one attached hydrogen (secondary N) is 3. The smallest absolute Gasteiger partial charge is 0.251 e. The number of piperidine rings is 6. The number of rotatable bonds is 10. The first-order valence-electron chi connectivity index (χ1n) is 19.0. The van der Waals surface area contributed by atoms with E-state index in [0.29, 0.717) is 34.5 Å². The molecule has 286 valence electrons. The second-order valence-corrected chi connectivity index (χ2v) is 17.0. The minimum Gasteiger partial charge on any atom is -0.348 e. The zero-order chi connectivity index (χ0) is 38.3. The van der Waals surface area contributed by atoms with E-state index in [2.05, 4.69) is 35.7 Å². The Balaban J connectivity index is 0.000000169. The molecule has 11 nitrogen and oxygen atoms in total. The van der Waals surface area contributed by atoms with Gasteiger partial charge in [0.25, 0.3) is 11.8 Å². The Labute approximate surface area is 330 Å². The van der Waals surface area contributed by atoms with E-state index in [4.69, 9.17) is 0 Å². The fourth-order valence-electron chi connectivity index (χ4n) is 7.73. The Bertz CT molecular complexity index is 1960. The second-order valence-electron chi connectivity index (χ2n) is 14.7. The highest BCUT2D eigenvalue weighted by molar-refractivity contribution is 7.99. The number of aromatic nitrogens is 2. The SMILES string of the molecule is CC(=O)Nc1ccc(Sc2ccc(C(=O)N[C@H]3CN4CCC3CC4)cc2)cn1.CC(=O)c1ccc(Sc2ccc(C(=O)N[C@H]3CN4CCC3CC4)cc2)cn1. The summed E-state index contributed by atoms with van der Waals surface area (Å²) < 4.78 is 0. The molecule has 0 spiro atoms. The first-order valence-corrected chi connectivity index (χ1v) is 20.6. The Hall–Kier alpha value is -4.56. The zero-order valence-electron chi connectivity index (χ0n) is 31.2. The first-order chi connectivity index (χ1) is 26.6. The van der Waals surface area contributed by atoms with Crippen molar-refractivity contribution >= 4 is 52.8 Å². The van der Waals surface area contributed by atoms with Crippen LogP contribution in [-0.4, -0.2) is 94.6 Å². The summed E-state index contributed by atoms with van der Waals surface area (Å²) in [6.07, 6.45) is 8.19. The van der Waals surface area contributed by atoms with Crippen LogP contribution in [0.1, 0.15) is 70.7 Å². The van der Waals surface area contributed by atoms with Crippen LogP contribution in [-0.2, 0) is 4.79 Å². The van der Waals surface area contributed by atoms with E-state index in [1.807, 2.05) is 60.7 Å². The number of anilines is 1. The zero-order valence-corrected chi connectivity index (χ0v) is 32.8. The molecule has 3 amide bonds. The van der Waals surface area contributed by atoms with Crippen LogP contribution in [0.25, 0.3) is 0 Å². The number of benzene rings is 2. The molecule has 2 aromatic heterocycles. The predicted octanol–water partition coefficient (Wildman–Crippen LogP) is 6.27. The van der Waals surface area contributed by atoms with E-state index in [0.717, 1.165) is 32.7 Å². The lowest BCUT2D eigenvalue weighted by Crippen LogP contribution is -2.57. The summed E-state index contributed by atoms with van der Waals surface area (Å²) >= 11 is 3.13. The maximum absolute atomic E-state index is 12.6. The molecule has 0 unspecified atom stereocenters. The van der Waals surface area contributed by atoms with Crippen molar-refractivity contribution in [2.24, 2.45) is 11.8 Å². The van der Waals surface area contributed by atoms with Gasteiger partial charge in [-0.15, -0.1) is 0 Å². The number of pyridine rings is 2. The van der Waals surface area contributed by atoms with Crippen molar-refractivity contribution in [1.29, 1.82) is 0 Å². The molecule has 8 heterocycles. The molecule has 0 saturated carbocycles. The fraction of sp³-hybridized carbons (Fsp3) is 0.381. The highest BCUT2D eigenvalue weighted by atomic mass is 32.2. The van der Waals surface area contributed by atoms with Gasteiger partial charge in [0.2, 0.25) is 5.91 Å². The largest absolute Gasteiger partial charge is 0.348 e. The standard InChI is InChI=1S/C21H24N4O2S.C21H23N3O2S/c1-14(26)23-20-7-6-18(12-22-20)28-17-4-2-16(3-5-17)21(27)24-19-13-25-10-8-15(19)9-11-25;1-14(25)19-7-6-18(12-22-19)27-17-4-2-16(3-5-17)21(26)23-20-13-24-10-8-15(20)9-11-24/h2-7,12,15,19H,8-11,13H2,1H3,(H,24,27)(H,22,23,26);2-7,12,15,20H,8-11,13H2,1H3,(H,23,26)/t19-;20-/m00/s1. The third kappa shape index (κ3) is 10.4. The van der Waals surface area contributed by atoms with Gasteiger partial charge >= 0.3 is 0 Å². The molecule has 10 rings (SSSR count). The van der Waals surface area contributed by atoms with Crippen LogP contribution < -0.4 is 16.0 Å². The van der Waals surface area contributed by atoms with Gasteiger partial charge in [0.05, 0.1) is 0 Å². The molecule has 0 radical (unpaired) electrons. The lowest BCUT2D eigenvalue weighted by Gasteiger charge is -2.44. The number of amides is 3. The number of Topliss-reactive ketones (excluding diaryl/α,β-unsaturated/α-hetero) is 1. The second kappa shape index (κ2) is 17.9. The molecule has 0 aliphatic carbocycles. The summed E-state index contributed by atoms with van der Waals surface area (Å²) in [7, 11) is 0. The van der Waals surface area contributed by atoms with Gasteiger partial charge in [-0.3, -0.25) is 24.2 Å². The topological polar surface area (TPSA) is 137 Å². The van der Waals surface area contributed by atoms with Gasteiger partial charge in [-0.05, 0) is 136 Å². The van der Waals surface area contributed by atoms with Crippen molar-refractivity contribution in [3.8, 4) is 0 Å². The van der Waals surface area contributed by atoms with Crippen molar-refractivity contribution in [2.45, 2.75) is 71.2 Å². The van der Waals surface area contributed by atoms with Gasteiger partial charge in [0.1, 0.15) is 11.5 Å². The third-order valence-corrected chi connectivity index (χ3v) is 12.8. The summed E-state index contributed by atoms with van der Waals surface area (Å²) in [5.74, 6) is 1.63. The van der Waals surface area contributed by atoms with Crippen LogP contribution >= 0.6 is 23.5 Å². The molecular weight excluding hydrogens is 731 g/mol. The maximum Gasteiger partial charge on any atom is 0.251 e. The fourth-order valence-corrected chi connectivity index (χ4v) is 9.30. The lowest BCUT2D eigenvalue weighted by molar-refractivity contribution is -0.114. The van der Waals surface area contributed by atoms with Crippen LogP contribution in [0.2, 0.25) is 0 Å². The Morgan fingerprint density at radius 3 is 1.36 bits per heavy atom. The van der Waals surface area contributed by atoms with E-state index in [1.54, 1.807) is 48.1 Å². The van der Waals surface area contributed by atoms with Gasteiger partial charge < -0.3 is 25.8 Å². The lowest BCUT2D eigenvalue weighted by atomic mass is 9.84. The quantitative estimate of drug-likeness (QED) is 0.158.